The average molecular weight is 468 g/mol. The summed E-state index contributed by atoms with van der Waals surface area (Å²) in [4.78, 5) is 14.3. The molecule has 2 aromatic carbocycles. The molecule has 0 aromatic heterocycles. The minimum atomic E-state index is -0.432. The van der Waals surface area contributed by atoms with Crippen LogP contribution in [0.3, 0.4) is 0 Å². The highest BCUT2D eigenvalue weighted by Crippen LogP contribution is 2.32. The van der Waals surface area contributed by atoms with Crippen LogP contribution in [0.5, 0.6) is 5.75 Å². The van der Waals surface area contributed by atoms with Crippen molar-refractivity contribution in [1.82, 2.24) is 0 Å². The van der Waals surface area contributed by atoms with Crippen LogP contribution in [0.15, 0.2) is 49.1 Å². The van der Waals surface area contributed by atoms with Gasteiger partial charge in [-0.05, 0) is 104 Å². The first-order chi connectivity index (χ1) is 16.0. The molecule has 0 spiro atoms. The number of rotatable bonds is 8. The van der Waals surface area contributed by atoms with E-state index in [0.717, 1.165) is 75.9 Å². The Hall–Kier alpha value is -2.26. The van der Waals surface area contributed by atoms with Crippen LogP contribution in [-0.4, -0.2) is 24.9 Å². The van der Waals surface area contributed by atoms with Gasteiger partial charge >= 0.3 is 0 Å². The Kier molecular flexibility index (Phi) is 9.87. The van der Waals surface area contributed by atoms with Gasteiger partial charge in [-0.2, -0.15) is 0 Å². The summed E-state index contributed by atoms with van der Waals surface area (Å²) in [5, 5.41) is -0.432. The first-order valence-corrected chi connectivity index (χ1v) is 12.9. The van der Waals surface area contributed by atoms with E-state index in [1.165, 1.54) is 16.7 Å². The Morgan fingerprint density at radius 2 is 2.00 bits per heavy atom. The Bertz CT molecular complexity index is 939. The summed E-state index contributed by atoms with van der Waals surface area (Å²) in [6.07, 6.45) is 10.5. The van der Waals surface area contributed by atoms with Gasteiger partial charge in [-0.25, -0.2) is 0 Å². The van der Waals surface area contributed by atoms with E-state index >= 15 is 0 Å². The van der Waals surface area contributed by atoms with Crippen molar-refractivity contribution in [2.75, 3.05) is 24.6 Å². The molecule has 33 heavy (non-hydrogen) atoms. The van der Waals surface area contributed by atoms with Crippen molar-refractivity contribution >= 4 is 22.5 Å². The van der Waals surface area contributed by atoms with Crippen LogP contribution in [0.4, 0.5) is 5.69 Å². The second-order valence-corrected chi connectivity index (χ2v) is 9.46. The van der Waals surface area contributed by atoms with Gasteiger partial charge in [-0.15, -0.1) is 6.58 Å². The van der Waals surface area contributed by atoms with Crippen LogP contribution in [0.2, 0.25) is 0 Å². The van der Waals surface area contributed by atoms with Crippen LogP contribution >= 0.6 is 11.6 Å². The molecule has 0 bridgehead atoms. The lowest BCUT2D eigenvalue weighted by Gasteiger charge is -2.28. The molecular weight excluding hydrogens is 430 g/mol. The molecule has 0 aliphatic carbocycles. The van der Waals surface area contributed by atoms with Gasteiger partial charge in [-0.1, -0.05) is 38.1 Å². The number of anilines is 1. The third-order valence-corrected chi connectivity index (χ3v) is 6.99. The minimum absolute atomic E-state index is 0.432. The Morgan fingerprint density at radius 1 is 1.15 bits per heavy atom. The van der Waals surface area contributed by atoms with Crippen molar-refractivity contribution in [3.05, 3.63) is 71.3 Å². The fourth-order valence-electron chi connectivity index (χ4n) is 4.47. The number of carbonyl (C=O) groups excluding carboxylic acids is 1. The van der Waals surface area contributed by atoms with E-state index < -0.39 is 5.24 Å². The maximum absolute atomic E-state index is 11.9. The molecule has 4 heteroatoms. The van der Waals surface area contributed by atoms with E-state index in [9.17, 15) is 4.79 Å². The molecule has 0 radical (unpaired) electrons. The number of fused-ring (bicyclic) bond motifs is 2. The van der Waals surface area contributed by atoms with Gasteiger partial charge in [-0.3, -0.25) is 4.79 Å². The van der Waals surface area contributed by atoms with Crippen molar-refractivity contribution in [3.8, 4) is 5.75 Å². The summed E-state index contributed by atoms with van der Waals surface area (Å²) in [5.74, 6) is 1.42. The molecule has 0 N–H and O–H groups in total. The van der Waals surface area contributed by atoms with E-state index in [0.29, 0.717) is 18.1 Å². The van der Waals surface area contributed by atoms with Gasteiger partial charge in [0.2, 0.25) is 0 Å². The zero-order valence-corrected chi connectivity index (χ0v) is 21.0. The van der Waals surface area contributed by atoms with Crippen LogP contribution in [-0.2, 0) is 12.8 Å². The van der Waals surface area contributed by atoms with Gasteiger partial charge in [0.05, 0.1) is 12.3 Å². The number of hydrogen-bond donors (Lipinski definition) is 0. The molecule has 178 valence electrons. The quantitative estimate of drug-likeness (QED) is 0.226. The molecule has 0 fully saturated rings. The van der Waals surface area contributed by atoms with Crippen LogP contribution in [0, 0.1) is 0 Å². The number of carbonyl (C=O) groups is 1. The number of unbranched alkanes of at least 4 members (excludes halogenated alkanes) is 2. The summed E-state index contributed by atoms with van der Waals surface area (Å²) < 4.78 is 6.21. The highest BCUT2D eigenvalue weighted by Gasteiger charge is 2.18. The maximum Gasteiger partial charge on any atom is 0.252 e. The highest BCUT2D eigenvalue weighted by molar-refractivity contribution is 6.67. The van der Waals surface area contributed by atoms with Crippen molar-refractivity contribution in [2.24, 2.45) is 0 Å². The standard InChI is InChI=1S/C29H38ClNO2/c1-4-6-7-9-17-31-18-16-23-12-13-24(22(3)5-2)20-25(23)11-8-10-19-33-28-15-14-26(29(30)32)21-27(28)31/h4,12-15,20-22H,1,5-11,16-19H2,2-3H3. The SMILES string of the molecule is C=CCCCCN1CCc2ccc(C(C)CC)cc2CCCCOc2ccc(C(=O)Cl)cc21. The topological polar surface area (TPSA) is 29.5 Å². The van der Waals surface area contributed by atoms with Crippen molar-refractivity contribution in [3.63, 3.8) is 0 Å². The Morgan fingerprint density at radius 3 is 2.76 bits per heavy atom. The summed E-state index contributed by atoms with van der Waals surface area (Å²) in [5.41, 5.74) is 5.84. The molecule has 3 nitrogen and oxygen atoms in total. The predicted molar refractivity (Wildman–Crippen MR) is 140 cm³/mol. The van der Waals surface area contributed by atoms with Gasteiger partial charge < -0.3 is 9.64 Å². The molecule has 1 aliphatic heterocycles. The first-order valence-electron chi connectivity index (χ1n) is 12.5. The van der Waals surface area contributed by atoms with Crippen molar-refractivity contribution < 1.29 is 9.53 Å². The van der Waals surface area contributed by atoms with Gasteiger partial charge in [0, 0.05) is 18.7 Å². The van der Waals surface area contributed by atoms with E-state index in [-0.39, 0.29) is 0 Å². The molecule has 0 saturated carbocycles. The lowest BCUT2D eigenvalue weighted by Crippen LogP contribution is -2.28. The van der Waals surface area contributed by atoms with Gasteiger partial charge in [0.25, 0.3) is 5.24 Å². The number of ether oxygens (including phenoxy) is 1. The van der Waals surface area contributed by atoms with Crippen LogP contribution in [0.1, 0.15) is 85.3 Å². The number of allylic oxidation sites excluding steroid dienone is 1. The smallest absolute Gasteiger partial charge is 0.252 e. The molecule has 1 heterocycles. The van der Waals surface area contributed by atoms with E-state index in [2.05, 4.69) is 43.5 Å². The second kappa shape index (κ2) is 12.8. The molecule has 2 aromatic rings. The second-order valence-electron chi connectivity index (χ2n) is 9.12. The summed E-state index contributed by atoms with van der Waals surface area (Å²) in [6, 6.07) is 12.7. The van der Waals surface area contributed by atoms with E-state index in [4.69, 9.17) is 16.3 Å². The number of hydrogen-bond acceptors (Lipinski definition) is 3. The minimum Gasteiger partial charge on any atom is -0.491 e. The number of halogens is 1. The highest BCUT2D eigenvalue weighted by atomic mass is 35.5. The lowest BCUT2D eigenvalue weighted by atomic mass is 9.91. The molecule has 1 unspecified atom stereocenters. The van der Waals surface area contributed by atoms with E-state index in [1.807, 2.05) is 18.2 Å². The largest absolute Gasteiger partial charge is 0.491 e. The zero-order valence-electron chi connectivity index (χ0n) is 20.2. The van der Waals surface area contributed by atoms with E-state index in [1.54, 1.807) is 6.07 Å². The number of nitrogens with zero attached hydrogens (tertiary/aromatic N) is 1. The summed E-state index contributed by atoms with van der Waals surface area (Å²) >= 11 is 5.83. The number of benzene rings is 2. The van der Waals surface area contributed by atoms with Crippen molar-refractivity contribution in [1.29, 1.82) is 0 Å². The molecule has 3 rings (SSSR count). The maximum atomic E-state index is 11.9. The average Bonchev–Trinajstić information content (AvgIpc) is 2.82. The number of aryl methyl sites for hydroxylation is 1. The predicted octanol–water partition coefficient (Wildman–Crippen LogP) is 7.70. The normalized spacial score (nSPS) is 15.3. The fraction of sp³-hybridized carbons (Fsp3) is 0.483. The Balaban J connectivity index is 1.92. The molecule has 1 aliphatic rings. The molecule has 1 atom stereocenters. The van der Waals surface area contributed by atoms with Gasteiger partial charge in [0.1, 0.15) is 5.75 Å². The summed E-state index contributed by atoms with van der Waals surface area (Å²) in [7, 11) is 0. The summed E-state index contributed by atoms with van der Waals surface area (Å²) in [6.45, 7) is 10.9. The van der Waals surface area contributed by atoms with Crippen LogP contribution in [0.25, 0.3) is 0 Å². The third kappa shape index (κ3) is 7.11. The third-order valence-electron chi connectivity index (χ3n) is 6.77. The first kappa shape index (κ1) is 25.4. The molecule has 0 saturated heterocycles. The Labute approximate surface area is 204 Å². The zero-order chi connectivity index (χ0) is 23.6. The van der Waals surface area contributed by atoms with Gasteiger partial charge in [0.15, 0.2) is 0 Å². The fourth-order valence-corrected chi connectivity index (χ4v) is 4.59. The molecule has 0 amide bonds. The van der Waals surface area contributed by atoms with Crippen LogP contribution < -0.4 is 9.64 Å². The lowest BCUT2D eigenvalue weighted by molar-refractivity contribution is 0.108. The molecular formula is C29H38ClNO2. The van der Waals surface area contributed by atoms with Crippen molar-refractivity contribution in [2.45, 2.75) is 71.1 Å². The monoisotopic (exact) mass is 467 g/mol.